The molecule has 0 spiro atoms. The lowest BCUT2D eigenvalue weighted by molar-refractivity contribution is 0.0950. The molecule has 3 aromatic rings. The lowest BCUT2D eigenvalue weighted by Gasteiger charge is -2.12. The minimum atomic E-state index is -0.110. The van der Waals surface area contributed by atoms with Crippen LogP contribution in [0.1, 0.15) is 21.5 Å². The second kappa shape index (κ2) is 6.42. The molecule has 1 amide bonds. The topological polar surface area (TPSA) is 61.0 Å². The number of nitrogens with zero attached hydrogens (tertiary/aromatic N) is 2. The van der Waals surface area contributed by atoms with Crippen molar-refractivity contribution in [1.82, 2.24) is 20.2 Å². The van der Waals surface area contributed by atoms with Crippen LogP contribution in [0.25, 0.3) is 21.9 Å². The number of rotatable bonds is 4. The van der Waals surface area contributed by atoms with Gasteiger partial charge in [-0.15, -0.1) is 0 Å². The van der Waals surface area contributed by atoms with E-state index < -0.39 is 0 Å². The summed E-state index contributed by atoms with van der Waals surface area (Å²) >= 11 is 6.50. The molecular formula is C18H21ClN4O. The fourth-order valence-electron chi connectivity index (χ4n) is 2.87. The van der Waals surface area contributed by atoms with Crippen LogP contribution in [0.5, 0.6) is 0 Å². The zero-order chi connectivity index (χ0) is 17.4. The van der Waals surface area contributed by atoms with Crippen molar-refractivity contribution in [2.24, 2.45) is 0 Å². The highest BCUT2D eigenvalue weighted by Crippen LogP contribution is 2.34. The molecule has 24 heavy (non-hydrogen) atoms. The first-order valence-corrected chi connectivity index (χ1v) is 8.26. The van der Waals surface area contributed by atoms with Crippen LogP contribution < -0.4 is 5.32 Å². The van der Waals surface area contributed by atoms with Gasteiger partial charge in [0.05, 0.1) is 10.5 Å². The highest BCUT2D eigenvalue weighted by Gasteiger charge is 2.18. The maximum atomic E-state index is 12.5. The first-order chi connectivity index (χ1) is 11.4. The molecule has 2 N–H and O–H groups in total. The number of hydrogen-bond donors (Lipinski definition) is 2. The van der Waals surface area contributed by atoms with Crippen molar-refractivity contribution in [1.29, 1.82) is 0 Å². The van der Waals surface area contributed by atoms with Gasteiger partial charge in [-0.1, -0.05) is 11.6 Å². The molecule has 5 nitrogen and oxygen atoms in total. The molecular weight excluding hydrogens is 324 g/mol. The Morgan fingerprint density at radius 2 is 2.08 bits per heavy atom. The summed E-state index contributed by atoms with van der Waals surface area (Å²) in [6.07, 6.45) is 1.82. The summed E-state index contributed by atoms with van der Waals surface area (Å²) in [7, 11) is 3.94. The van der Waals surface area contributed by atoms with Crippen LogP contribution in [0.3, 0.4) is 0 Å². The van der Waals surface area contributed by atoms with Crippen LogP contribution in [-0.2, 0) is 0 Å². The molecule has 0 bridgehead atoms. The van der Waals surface area contributed by atoms with Crippen LogP contribution in [0.15, 0.2) is 18.3 Å². The summed E-state index contributed by atoms with van der Waals surface area (Å²) in [6, 6.07) is 3.81. The first-order valence-electron chi connectivity index (χ1n) is 7.88. The molecule has 0 saturated carbocycles. The summed E-state index contributed by atoms with van der Waals surface area (Å²) in [5, 5.41) is 5.40. The molecule has 2 heterocycles. The van der Waals surface area contributed by atoms with Gasteiger partial charge in [0.1, 0.15) is 5.65 Å². The van der Waals surface area contributed by atoms with Crippen molar-refractivity contribution in [3.8, 4) is 0 Å². The van der Waals surface area contributed by atoms with E-state index in [2.05, 4.69) is 21.4 Å². The minimum Gasteiger partial charge on any atom is -0.351 e. The molecule has 1 aromatic carbocycles. The van der Waals surface area contributed by atoms with Crippen molar-refractivity contribution < 1.29 is 4.79 Å². The number of carbonyl (C=O) groups excluding carboxylic acids is 1. The van der Waals surface area contributed by atoms with Gasteiger partial charge in [0.2, 0.25) is 0 Å². The third-order valence-electron chi connectivity index (χ3n) is 4.17. The van der Waals surface area contributed by atoms with Crippen molar-refractivity contribution in [2.45, 2.75) is 13.8 Å². The Morgan fingerprint density at radius 1 is 1.33 bits per heavy atom. The number of nitrogens with one attached hydrogen (secondary N) is 2. The number of amides is 1. The first kappa shape index (κ1) is 16.7. The van der Waals surface area contributed by atoms with E-state index in [-0.39, 0.29) is 5.91 Å². The number of aryl methyl sites for hydroxylation is 2. The Morgan fingerprint density at radius 3 is 2.79 bits per heavy atom. The van der Waals surface area contributed by atoms with Gasteiger partial charge >= 0.3 is 0 Å². The average molecular weight is 345 g/mol. The number of pyridine rings is 1. The highest BCUT2D eigenvalue weighted by atomic mass is 35.5. The zero-order valence-electron chi connectivity index (χ0n) is 14.3. The third-order valence-corrected chi connectivity index (χ3v) is 4.46. The SMILES string of the molecule is Cc1cnc2[nH]c3c(C)c(C(=O)NCCN(C)C)cc(Cl)c3c2c1. The van der Waals surface area contributed by atoms with E-state index in [0.29, 0.717) is 17.1 Å². The molecule has 6 heteroatoms. The Balaban J connectivity index is 2.07. The smallest absolute Gasteiger partial charge is 0.251 e. The van der Waals surface area contributed by atoms with E-state index in [4.69, 9.17) is 11.6 Å². The molecule has 0 fully saturated rings. The van der Waals surface area contributed by atoms with Gasteiger partial charge < -0.3 is 15.2 Å². The van der Waals surface area contributed by atoms with Crippen molar-refractivity contribution in [2.75, 3.05) is 27.2 Å². The molecule has 0 aliphatic heterocycles. The molecule has 0 aliphatic rings. The van der Waals surface area contributed by atoms with E-state index in [1.807, 2.05) is 39.0 Å². The number of fused-ring (bicyclic) bond motifs is 3. The zero-order valence-corrected chi connectivity index (χ0v) is 15.1. The molecule has 0 aliphatic carbocycles. The summed E-state index contributed by atoms with van der Waals surface area (Å²) < 4.78 is 0. The van der Waals surface area contributed by atoms with E-state index in [1.165, 1.54) is 0 Å². The molecule has 0 atom stereocenters. The summed E-state index contributed by atoms with van der Waals surface area (Å²) in [5.41, 5.74) is 4.20. The maximum absolute atomic E-state index is 12.5. The van der Waals surface area contributed by atoms with Gasteiger partial charge in [-0.25, -0.2) is 4.98 Å². The van der Waals surface area contributed by atoms with Gasteiger partial charge in [-0.05, 0) is 51.2 Å². The van der Waals surface area contributed by atoms with Crippen molar-refractivity contribution in [3.63, 3.8) is 0 Å². The van der Waals surface area contributed by atoms with E-state index in [1.54, 1.807) is 6.07 Å². The Labute approximate surface area is 146 Å². The van der Waals surface area contributed by atoms with Crippen LogP contribution in [0.2, 0.25) is 5.02 Å². The predicted octanol–water partition coefficient (Wildman–Crippen LogP) is 3.28. The molecule has 2 aromatic heterocycles. The normalized spacial score (nSPS) is 11.6. The van der Waals surface area contributed by atoms with Crippen molar-refractivity contribution >= 4 is 39.4 Å². The average Bonchev–Trinajstić information content (AvgIpc) is 2.89. The number of aromatic nitrogens is 2. The van der Waals surface area contributed by atoms with Gasteiger partial charge in [0, 0.05) is 35.6 Å². The molecule has 3 rings (SSSR count). The Bertz CT molecular complexity index is 930. The standard InChI is InChI=1S/C18H21ClN4O/c1-10-7-13-15-14(19)8-12(18(24)20-5-6-23(3)4)11(2)16(15)22-17(13)21-9-10/h7-9H,5-6H2,1-4H3,(H,20,24)(H,21,22). The van der Waals surface area contributed by atoms with E-state index in [9.17, 15) is 4.79 Å². The number of benzene rings is 1. The van der Waals surface area contributed by atoms with Crippen LogP contribution in [0.4, 0.5) is 0 Å². The molecule has 0 radical (unpaired) electrons. The Kier molecular flexibility index (Phi) is 4.47. The number of H-pyrrole nitrogens is 1. The van der Waals surface area contributed by atoms with E-state index in [0.717, 1.165) is 39.6 Å². The van der Waals surface area contributed by atoms with Gasteiger partial charge in [0.15, 0.2) is 0 Å². The van der Waals surface area contributed by atoms with Gasteiger partial charge in [-0.3, -0.25) is 4.79 Å². The summed E-state index contributed by atoms with van der Waals surface area (Å²) in [4.78, 5) is 22.2. The Hall–Kier alpha value is -2.11. The number of halogens is 1. The molecule has 0 saturated heterocycles. The molecule has 126 valence electrons. The summed E-state index contributed by atoms with van der Waals surface area (Å²) in [5.74, 6) is -0.110. The largest absolute Gasteiger partial charge is 0.351 e. The lowest BCUT2D eigenvalue weighted by atomic mass is 10.0. The minimum absolute atomic E-state index is 0.110. The molecule has 0 unspecified atom stereocenters. The van der Waals surface area contributed by atoms with Crippen LogP contribution in [0, 0.1) is 13.8 Å². The number of carbonyl (C=O) groups is 1. The second-order valence-corrected chi connectivity index (χ2v) is 6.78. The lowest BCUT2D eigenvalue weighted by Crippen LogP contribution is -2.31. The van der Waals surface area contributed by atoms with E-state index >= 15 is 0 Å². The highest BCUT2D eigenvalue weighted by molar-refractivity contribution is 6.38. The quantitative estimate of drug-likeness (QED) is 0.763. The third kappa shape index (κ3) is 2.97. The number of aromatic amines is 1. The van der Waals surface area contributed by atoms with Crippen LogP contribution in [-0.4, -0.2) is 48.0 Å². The predicted molar refractivity (Wildman–Crippen MR) is 99.0 cm³/mol. The fraction of sp³-hybridized carbons (Fsp3) is 0.333. The van der Waals surface area contributed by atoms with Crippen molar-refractivity contribution in [3.05, 3.63) is 40.0 Å². The fourth-order valence-corrected chi connectivity index (χ4v) is 3.18. The number of hydrogen-bond acceptors (Lipinski definition) is 3. The summed E-state index contributed by atoms with van der Waals surface area (Å²) in [6.45, 7) is 5.31. The second-order valence-electron chi connectivity index (χ2n) is 6.37. The monoisotopic (exact) mass is 344 g/mol. The maximum Gasteiger partial charge on any atom is 0.251 e. The van der Waals surface area contributed by atoms with Gasteiger partial charge in [0.25, 0.3) is 5.91 Å². The van der Waals surface area contributed by atoms with Gasteiger partial charge in [-0.2, -0.15) is 0 Å². The van der Waals surface area contributed by atoms with Crippen LogP contribution >= 0.6 is 11.6 Å². The number of likely N-dealkylation sites (N-methyl/N-ethyl adjacent to an activating group) is 1.